The Labute approximate surface area is 130 Å². The number of likely N-dealkylation sites (N-methyl/N-ethyl adjacent to an activating group) is 1. The summed E-state index contributed by atoms with van der Waals surface area (Å²) in [4.78, 5) is 4.63. The van der Waals surface area contributed by atoms with E-state index < -0.39 is 0 Å². The quantitative estimate of drug-likeness (QED) is 0.885. The van der Waals surface area contributed by atoms with Crippen LogP contribution in [-0.2, 0) is 6.42 Å². The predicted octanol–water partition coefficient (Wildman–Crippen LogP) is 3.66. The summed E-state index contributed by atoms with van der Waals surface area (Å²) in [7, 11) is 0. The molecule has 2 aromatic heterocycles. The van der Waals surface area contributed by atoms with Gasteiger partial charge in [-0.15, -0.1) is 11.3 Å². The molecule has 1 fully saturated rings. The molecule has 21 heavy (non-hydrogen) atoms. The highest BCUT2D eigenvalue weighted by Crippen LogP contribution is 2.29. The van der Waals surface area contributed by atoms with Crippen molar-refractivity contribution in [2.75, 3.05) is 6.54 Å². The first-order valence-corrected chi connectivity index (χ1v) is 8.83. The third kappa shape index (κ3) is 3.52. The van der Waals surface area contributed by atoms with Gasteiger partial charge in [-0.3, -0.25) is 4.68 Å². The lowest BCUT2D eigenvalue weighted by molar-refractivity contribution is 0.456. The van der Waals surface area contributed by atoms with Gasteiger partial charge in [0.2, 0.25) is 0 Å². The second-order valence-corrected chi connectivity index (χ2v) is 6.89. The predicted molar refractivity (Wildman–Crippen MR) is 86.7 cm³/mol. The van der Waals surface area contributed by atoms with E-state index in [4.69, 9.17) is 5.10 Å². The third-order valence-electron chi connectivity index (χ3n) is 4.22. The van der Waals surface area contributed by atoms with Crippen molar-refractivity contribution in [2.24, 2.45) is 0 Å². The molecule has 0 radical (unpaired) electrons. The topological polar surface area (TPSA) is 42.7 Å². The maximum atomic E-state index is 4.80. The van der Waals surface area contributed by atoms with E-state index in [-0.39, 0.29) is 6.04 Å². The number of hydrogen-bond acceptors (Lipinski definition) is 4. The van der Waals surface area contributed by atoms with Gasteiger partial charge in [0.1, 0.15) is 0 Å². The van der Waals surface area contributed by atoms with E-state index in [1.54, 1.807) is 11.3 Å². The SMILES string of the molecule is CCNC(Cc1ccn(C2CCCC2)n1)c1csc(C)n1. The molecule has 5 heteroatoms. The zero-order valence-corrected chi connectivity index (χ0v) is 13.7. The molecule has 2 aromatic rings. The van der Waals surface area contributed by atoms with Crippen LogP contribution in [0.4, 0.5) is 0 Å². The number of aryl methyl sites for hydroxylation is 1. The summed E-state index contributed by atoms with van der Waals surface area (Å²) in [6, 6.07) is 3.06. The van der Waals surface area contributed by atoms with Crippen LogP contribution >= 0.6 is 11.3 Å². The van der Waals surface area contributed by atoms with Gasteiger partial charge in [-0.2, -0.15) is 5.10 Å². The van der Waals surface area contributed by atoms with E-state index in [9.17, 15) is 0 Å². The van der Waals surface area contributed by atoms with Crippen molar-refractivity contribution in [1.82, 2.24) is 20.1 Å². The molecule has 1 aliphatic carbocycles. The van der Waals surface area contributed by atoms with Crippen molar-refractivity contribution >= 4 is 11.3 Å². The van der Waals surface area contributed by atoms with E-state index in [0.29, 0.717) is 6.04 Å². The lowest BCUT2D eigenvalue weighted by Gasteiger charge is -2.14. The Morgan fingerprint density at radius 2 is 2.24 bits per heavy atom. The Balaban J connectivity index is 1.70. The van der Waals surface area contributed by atoms with Crippen molar-refractivity contribution in [1.29, 1.82) is 0 Å². The largest absolute Gasteiger partial charge is 0.309 e. The zero-order chi connectivity index (χ0) is 14.7. The molecule has 0 spiro atoms. The van der Waals surface area contributed by atoms with Crippen LogP contribution in [0.5, 0.6) is 0 Å². The summed E-state index contributed by atoms with van der Waals surface area (Å²) in [5.74, 6) is 0. The smallest absolute Gasteiger partial charge is 0.0898 e. The number of nitrogens with zero attached hydrogens (tertiary/aromatic N) is 3. The van der Waals surface area contributed by atoms with Crippen molar-refractivity contribution in [3.05, 3.63) is 34.0 Å². The Bertz CT molecular complexity index is 568. The molecule has 4 nitrogen and oxygen atoms in total. The van der Waals surface area contributed by atoms with Gasteiger partial charge in [-0.25, -0.2) is 4.98 Å². The Kier molecular flexibility index (Phi) is 4.70. The standard InChI is InChI=1S/C16H24N4S/c1-3-17-15(16-11-21-12(2)18-16)10-13-8-9-20(19-13)14-6-4-5-7-14/h8-9,11,14-15,17H,3-7,10H2,1-2H3. The maximum Gasteiger partial charge on any atom is 0.0898 e. The van der Waals surface area contributed by atoms with Crippen LogP contribution in [-0.4, -0.2) is 21.3 Å². The average molecular weight is 304 g/mol. The molecule has 0 aromatic carbocycles. The molecular weight excluding hydrogens is 280 g/mol. The highest BCUT2D eigenvalue weighted by atomic mass is 32.1. The van der Waals surface area contributed by atoms with Crippen LogP contribution in [0.2, 0.25) is 0 Å². The lowest BCUT2D eigenvalue weighted by atomic mass is 10.1. The van der Waals surface area contributed by atoms with Crippen LogP contribution < -0.4 is 5.32 Å². The minimum Gasteiger partial charge on any atom is -0.309 e. The lowest BCUT2D eigenvalue weighted by Crippen LogP contribution is -2.23. The fourth-order valence-corrected chi connectivity index (χ4v) is 3.80. The van der Waals surface area contributed by atoms with Gasteiger partial charge >= 0.3 is 0 Å². The van der Waals surface area contributed by atoms with E-state index in [1.165, 1.54) is 31.4 Å². The molecule has 0 amide bonds. The molecular formula is C16H24N4S. The second kappa shape index (κ2) is 6.71. The highest BCUT2D eigenvalue weighted by molar-refractivity contribution is 7.09. The third-order valence-corrected chi connectivity index (χ3v) is 5.01. The molecule has 1 saturated carbocycles. The first-order valence-electron chi connectivity index (χ1n) is 7.95. The van der Waals surface area contributed by atoms with Gasteiger partial charge in [-0.05, 0) is 32.4 Å². The fourth-order valence-electron chi connectivity index (χ4n) is 3.14. The highest BCUT2D eigenvalue weighted by Gasteiger charge is 2.19. The van der Waals surface area contributed by atoms with Crippen LogP contribution in [0.25, 0.3) is 0 Å². The van der Waals surface area contributed by atoms with Crippen molar-refractivity contribution < 1.29 is 0 Å². The molecule has 1 aliphatic rings. The summed E-state index contributed by atoms with van der Waals surface area (Å²) in [5.41, 5.74) is 2.31. The van der Waals surface area contributed by atoms with Gasteiger partial charge in [0.15, 0.2) is 0 Å². The van der Waals surface area contributed by atoms with E-state index in [0.717, 1.165) is 23.7 Å². The molecule has 1 unspecified atom stereocenters. The average Bonchev–Trinajstić information content (AvgIpc) is 3.18. The van der Waals surface area contributed by atoms with Crippen molar-refractivity contribution in [3.8, 4) is 0 Å². The summed E-state index contributed by atoms with van der Waals surface area (Å²) in [6.45, 7) is 5.15. The van der Waals surface area contributed by atoms with Gasteiger partial charge in [0.25, 0.3) is 0 Å². The Morgan fingerprint density at radius 3 is 2.90 bits per heavy atom. The minimum atomic E-state index is 0.270. The number of aromatic nitrogens is 3. The molecule has 0 saturated heterocycles. The molecule has 2 heterocycles. The zero-order valence-electron chi connectivity index (χ0n) is 12.9. The summed E-state index contributed by atoms with van der Waals surface area (Å²) >= 11 is 1.72. The monoisotopic (exact) mass is 304 g/mol. The second-order valence-electron chi connectivity index (χ2n) is 5.83. The Hall–Kier alpha value is -1.20. The van der Waals surface area contributed by atoms with Crippen LogP contribution in [0.3, 0.4) is 0 Å². The van der Waals surface area contributed by atoms with Crippen LogP contribution in [0.15, 0.2) is 17.6 Å². The Morgan fingerprint density at radius 1 is 1.43 bits per heavy atom. The summed E-state index contributed by atoms with van der Waals surface area (Å²) in [6.07, 6.45) is 8.32. The summed E-state index contributed by atoms with van der Waals surface area (Å²) in [5, 5.41) is 11.6. The number of hydrogen-bond donors (Lipinski definition) is 1. The molecule has 114 valence electrons. The first kappa shape index (κ1) is 14.7. The normalized spacial score (nSPS) is 17.4. The molecule has 0 bridgehead atoms. The van der Waals surface area contributed by atoms with Gasteiger partial charge in [0, 0.05) is 18.0 Å². The van der Waals surface area contributed by atoms with Gasteiger partial charge in [0.05, 0.1) is 28.5 Å². The van der Waals surface area contributed by atoms with Crippen molar-refractivity contribution in [3.63, 3.8) is 0 Å². The molecule has 1 atom stereocenters. The summed E-state index contributed by atoms with van der Waals surface area (Å²) < 4.78 is 2.18. The van der Waals surface area contributed by atoms with E-state index in [2.05, 4.69) is 46.5 Å². The fraction of sp³-hybridized carbons (Fsp3) is 0.625. The first-order chi connectivity index (χ1) is 10.3. The molecule has 0 aliphatic heterocycles. The number of thiazole rings is 1. The van der Waals surface area contributed by atoms with Gasteiger partial charge in [-0.1, -0.05) is 19.8 Å². The van der Waals surface area contributed by atoms with Gasteiger partial charge < -0.3 is 5.32 Å². The van der Waals surface area contributed by atoms with E-state index >= 15 is 0 Å². The van der Waals surface area contributed by atoms with Crippen LogP contribution in [0.1, 0.15) is 61.1 Å². The van der Waals surface area contributed by atoms with E-state index in [1.807, 2.05) is 0 Å². The van der Waals surface area contributed by atoms with Crippen molar-refractivity contribution in [2.45, 2.75) is 58.0 Å². The maximum absolute atomic E-state index is 4.80. The number of rotatable bonds is 6. The molecule has 1 N–H and O–H groups in total. The minimum absolute atomic E-state index is 0.270. The van der Waals surface area contributed by atoms with Crippen LogP contribution in [0, 0.1) is 6.92 Å². The molecule has 3 rings (SSSR count). The number of nitrogens with one attached hydrogen (secondary N) is 1.